The van der Waals surface area contributed by atoms with E-state index in [0.29, 0.717) is 29.2 Å². The highest BCUT2D eigenvalue weighted by Gasteiger charge is 2.28. The standard InChI is InChI=1S/C24H25NO8S/c1-5-11-31-23(27)19-14(2)20(24(28)30-4)34-22(19)25-21(26)18-10-9-17(33-18)13-32-16-8-6-7-15(12-16)29-3/h6-10,12H,5,11,13H2,1-4H3,(H,25,26). The zero-order valence-electron chi connectivity index (χ0n) is 19.3. The summed E-state index contributed by atoms with van der Waals surface area (Å²) in [7, 11) is 2.81. The average Bonchev–Trinajstić information content (AvgIpc) is 3.45. The molecule has 1 amide bonds. The highest BCUT2D eigenvalue weighted by Crippen LogP contribution is 2.34. The van der Waals surface area contributed by atoms with Crippen molar-refractivity contribution in [3.8, 4) is 11.5 Å². The van der Waals surface area contributed by atoms with E-state index in [1.807, 2.05) is 6.92 Å². The second-order valence-electron chi connectivity index (χ2n) is 7.08. The molecule has 3 rings (SSSR count). The molecule has 2 aromatic heterocycles. The molecule has 0 spiro atoms. The lowest BCUT2D eigenvalue weighted by Crippen LogP contribution is -2.14. The lowest BCUT2D eigenvalue weighted by Gasteiger charge is -2.07. The van der Waals surface area contributed by atoms with Crippen LogP contribution in [0.3, 0.4) is 0 Å². The Labute approximate surface area is 200 Å². The second kappa shape index (κ2) is 11.4. The smallest absolute Gasteiger partial charge is 0.348 e. The van der Waals surface area contributed by atoms with Crippen LogP contribution >= 0.6 is 11.3 Å². The quantitative estimate of drug-likeness (QED) is 0.404. The average molecular weight is 488 g/mol. The second-order valence-corrected chi connectivity index (χ2v) is 8.10. The summed E-state index contributed by atoms with van der Waals surface area (Å²) in [5.74, 6) is -0.148. The number of hydrogen-bond donors (Lipinski definition) is 1. The summed E-state index contributed by atoms with van der Waals surface area (Å²) >= 11 is 0.936. The molecule has 34 heavy (non-hydrogen) atoms. The minimum Gasteiger partial charge on any atom is -0.497 e. The van der Waals surface area contributed by atoms with Crippen molar-refractivity contribution in [3.05, 3.63) is 63.9 Å². The third-order valence-corrected chi connectivity index (χ3v) is 5.88. The van der Waals surface area contributed by atoms with Crippen LogP contribution in [0.25, 0.3) is 0 Å². The van der Waals surface area contributed by atoms with Crippen molar-refractivity contribution >= 4 is 34.2 Å². The molecule has 10 heteroatoms. The van der Waals surface area contributed by atoms with Crippen LogP contribution in [0.4, 0.5) is 5.00 Å². The van der Waals surface area contributed by atoms with E-state index in [9.17, 15) is 14.4 Å². The van der Waals surface area contributed by atoms with Crippen molar-refractivity contribution in [1.82, 2.24) is 0 Å². The van der Waals surface area contributed by atoms with E-state index in [1.54, 1.807) is 44.4 Å². The zero-order valence-corrected chi connectivity index (χ0v) is 20.1. The molecule has 0 radical (unpaired) electrons. The number of hydrogen-bond acceptors (Lipinski definition) is 9. The minimum atomic E-state index is -0.632. The number of nitrogens with one attached hydrogen (secondary N) is 1. The Hall–Kier alpha value is -3.79. The fourth-order valence-corrected chi connectivity index (χ4v) is 4.10. The SMILES string of the molecule is CCCOC(=O)c1c(NC(=O)c2ccc(COc3cccc(OC)c3)o2)sc(C(=O)OC)c1C. The van der Waals surface area contributed by atoms with Gasteiger partial charge in [-0.25, -0.2) is 9.59 Å². The van der Waals surface area contributed by atoms with E-state index in [2.05, 4.69) is 5.32 Å². The molecular formula is C24H25NO8S. The molecule has 9 nitrogen and oxygen atoms in total. The predicted molar refractivity (Wildman–Crippen MR) is 125 cm³/mol. The third kappa shape index (κ3) is 5.76. The van der Waals surface area contributed by atoms with Gasteiger partial charge in [-0.1, -0.05) is 13.0 Å². The minimum absolute atomic E-state index is 0.0165. The van der Waals surface area contributed by atoms with Gasteiger partial charge in [0.1, 0.15) is 33.7 Å². The van der Waals surface area contributed by atoms with Gasteiger partial charge in [-0.05, 0) is 43.2 Å². The van der Waals surface area contributed by atoms with Crippen molar-refractivity contribution in [2.75, 3.05) is 26.1 Å². The van der Waals surface area contributed by atoms with Gasteiger partial charge >= 0.3 is 11.9 Å². The summed E-state index contributed by atoms with van der Waals surface area (Å²) in [5, 5.41) is 2.82. The van der Waals surface area contributed by atoms with Crippen molar-refractivity contribution in [2.45, 2.75) is 26.9 Å². The van der Waals surface area contributed by atoms with Gasteiger partial charge in [0.15, 0.2) is 5.76 Å². The maximum atomic E-state index is 12.8. The molecule has 0 aliphatic carbocycles. The van der Waals surface area contributed by atoms with Gasteiger partial charge in [0.2, 0.25) is 0 Å². The van der Waals surface area contributed by atoms with Gasteiger partial charge < -0.3 is 28.7 Å². The maximum Gasteiger partial charge on any atom is 0.348 e. The Bertz CT molecular complexity index is 1180. The molecule has 0 saturated heterocycles. The summed E-state index contributed by atoms with van der Waals surface area (Å²) < 4.78 is 26.4. The highest BCUT2D eigenvalue weighted by atomic mass is 32.1. The molecule has 0 unspecified atom stereocenters. The van der Waals surface area contributed by atoms with Crippen molar-refractivity contribution in [2.24, 2.45) is 0 Å². The fraction of sp³-hybridized carbons (Fsp3) is 0.292. The normalized spacial score (nSPS) is 10.5. The Kier molecular flexibility index (Phi) is 8.31. The van der Waals surface area contributed by atoms with Gasteiger partial charge in [0, 0.05) is 6.07 Å². The topological polar surface area (TPSA) is 113 Å². The van der Waals surface area contributed by atoms with Crippen LogP contribution in [0.5, 0.6) is 11.5 Å². The van der Waals surface area contributed by atoms with E-state index >= 15 is 0 Å². The molecule has 0 fully saturated rings. The first kappa shape index (κ1) is 24.8. The van der Waals surface area contributed by atoms with Gasteiger partial charge in [-0.15, -0.1) is 11.3 Å². The van der Waals surface area contributed by atoms with Crippen LogP contribution in [0.15, 0.2) is 40.8 Å². The van der Waals surface area contributed by atoms with Crippen LogP contribution < -0.4 is 14.8 Å². The summed E-state index contributed by atoms with van der Waals surface area (Å²) in [6.45, 7) is 3.77. The Morgan fingerprint density at radius 1 is 1.06 bits per heavy atom. The molecule has 0 aliphatic rings. The zero-order chi connectivity index (χ0) is 24.7. The molecule has 0 bridgehead atoms. The van der Waals surface area contributed by atoms with E-state index < -0.39 is 17.8 Å². The van der Waals surface area contributed by atoms with Crippen molar-refractivity contribution in [3.63, 3.8) is 0 Å². The van der Waals surface area contributed by atoms with Crippen LogP contribution in [-0.4, -0.2) is 38.7 Å². The van der Waals surface area contributed by atoms with E-state index in [1.165, 1.54) is 13.2 Å². The number of carbonyl (C=O) groups is 3. The first-order valence-electron chi connectivity index (χ1n) is 10.4. The summed E-state index contributed by atoms with van der Waals surface area (Å²) in [4.78, 5) is 37.7. The van der Waals surface area contributed by atoms with E-state index in [-0.39, 0.29) is 34.4 Å². The summed E-state index contributed by atoms with van der Waals surface area (Å²) in [5.41, 5.74) is 0.486. The fourth-order valence-electron chi connectivity index (χ4n) is 2.99. The summed E-state index contributed by atoms with van der Waals surface area (Å²) in [6, 6.07) is 10.2. The number of rotatable bonds is 10. The van der Waals surface area contributed by atoms with Gasteiger partial charge in [0.05, 0.1) is 26.4 Å². The molecule has 0 saturated carbocycles. The van der Waals surface area contributed by atoms with E-state index in [0.717, 1.165) is 11.3 Å². The maximum absolute atomic E-state index is 12.8. The first-order chi connectivity index (χ1) is 16.4. The first-order valence-corrected chi connectivity index (χ1v) is 11.2. The lowest BCUT2D eigenvalue weighted by molar-refractivity contribution is 0.0506. The Balaban J connectivity index is 1.75. The van der Waals surface area contributed by atoms with Gasteiger partial charge in [-0.3, -0.25) is 4.79 Å². The monoisotopic (exact) mass is 487 g/mol. The molecule has 1 aromatic carbocycles. The van der Waals surface area contributed by atoms with Crippen LogP contribution in [0, 0.1) is 6.92 Å². The third-order valence-electron chi connectivity index (χ3n) is 4.69. The van der Waals surface area contributed by atoms with Crippen molar-refractivity contribution < 1.29 is 37.7 Å². The number of furan rings is 1. The summed E-state index contributed by atoms with van der Waals surface area (Å²) in [6.07, 6.45) is 0.632. The Morgan fingerprint density at radius 2 is 1.82 bits per heavy atom. The molecular weight excluding hydrogens is 462 g/mol. The molecule has 0 atom stereocenters. The molecule has 180 valence electrons. The van der Waals surface area contributed by atoms with Crippen molar-refractivity contribution in [1.29, 1.82) is 0 Å². The number of benzene rings is 1. The number of thiophene rings is 1. The van der Waals surface area contributed by atoms with Gasteiger partial charge in [0.25, 0.3) is 5.91 Å². The number of ether oxygens (including phenoxy) is 4. The lowest BCUT2D eigenvalue weighted by atomic mass is 10.1. The number of amides is 1. The highest BCUT2D eigenvalue weighted by molar-refractivity contribution is 7.18. The molecule has 1 N–H and O–H groups in total. The van der Waals surface area contributed by atoms with Crippen LogP contribution in [0.1, 0.15) is 55.3 Å². The van der Waals surface area contributed by atoms with Gasteiger partial charge in [-0.2, -0.15) is 0 Å². The number of anilines is 1. The molecule has 0 aliphatic heterocycles. The largest absolute Gasteiger partial charge is 0.497 e. The Morgan fingerprint density at radius 3 is 2.53 bits per heavy atom. The predicted octanol–water partition coefficient (Wildman–Crippen LogP) is 4.84. The molecule has 2 heterocycles. The van der Waals surface area contributed by atoms with Crippen LogP contribution in [-0.2, 0) is 16.1 Å². The number of carbonyl (C=O) groups excluding carboxylic acids is 3. The van der Waals surface area contributed by atoms with Crippen LogP contribution in [0.2, 0.25) is 0 Å². The van der Waals surface area contributed by atoms with E-state index in [4.69, 9.17) is 23.4 Å². The molecule has 3 aromatic rings. The number of esters is 2. The number of methoxy groups -OCH3 is 2.